The van der Waals surface area contributed by atoms with Crippen LogP contribution in [0.1, 0.15) is 51.2 Å². The Balaban J connectivity index is 1.99. The number of ether oxygens (including phenoxy) is 1. The molecule has 0 aliphatic heterocycles. The van der Waals surface area contributed by atoms with Gasteiger partial charge in [-0.25, -0.2) is 4.79 Å². The van der Waals surface area contributed by atoms with Gasteiger partial charge in [0.1, 0.15) is 5.60 Å². The van der Waals surface area contributed by atoms with E-state index in [1.807, 2.05) is 45.0 Å². The average Bonchev–Trinajstić information content (AvgIpc) is 2.48. The fourth-order valence-electron chi connectivity index (χ4n) is 1.99. The number of carbonyl (C=O) groups excluding carboxylic acids is 1. The smallest absolute Gasteiger partial charge is 0.407 e. The van der Waals surface area contributed by atoms with Gasteiger partial charge < -0.3 is 15.4 Å². The van der Waals surface area contributed by atoms with Crippen molar-refractivity contribution in [3.63, 3.8) is 0 Å². The summed E-state index contributed by atoms with van der Waals surface area (Å²) in [5.74, 6) is 0. The first-order valence-electron chi connectivity index (χ1n) is 8.07. The van der Waals surface area contributed by atoms with Crippen molar-refractivity contribution in [3.8, 4) is 6.07 Å². The fourth-order valence-corrected chi connectivity index (χ4v) is 1.99. The first kappa shape index (κ1) is 19.0. The Hall–Kier alpha value is -2.06. The number of hydrogen-bond acceptors (Lipinski definition) is 4. The highest BCUT2D eigenvalue weighted by atomic mass is 16.6. The monoisotopic (exact) mass is 317 g/mol. The number of nitriles is 1. The average molecular weight is 317 g/mol. The van der Waals surface area contributed by atoms with Crippen molar-refractivity contribution in [2.24, 2.45) is 0 Å². The minimum atomic E-state index is -0.445. The Labute approximate surface area is 139 Å². The summed E-state index contributed by atoms with van der Waals surface area (Å²) in [7, 11) is 0. The predicted molar refractivity (Wildman–Crippen MR) is 91.0 cm³/mol. The normalized spacial score (nSPS) is 10.9. The van der Waals surface area contributed by atoms with E-state index in [9.17, 15) is 4.79 Å². The van der Waals surface area contributed by atoms with Gasteiger partial charge in [0.05, 0.1) is 11.6 Å². The van der Waals surface area contributed by atoms with Crippen molar-refractivity contribution in [1.29, 1.82) is 5.26 Å². The first-order chi connectivity index (χ1) is 10.9. The highest BCUT2D eigenvalue weighted by Crippen LogP contribution is 2.06. The van der Waals surface area contributed by atoms with Crippen molar-refractivity contribution in [2.75, 3.05) is 13.1 Å². The predicted octanol–water partition coefficient (Wildman–Crippen LogP) is 3.34. The zero-order valence-electron chi connectivity index (χ0n) is 14.3. The van der Waals surface area contributed by atoms with Crippen LogP contribution in [0.15, 0.2) is 24.3 Å². The number of alkyl carbamates (subject to hydrolysis) is 1. The van der Waals surface area contributed by atoms with E-state index in [1.165, 1.54) is 5.56 Å². The molecule has 0 atom stereocenters. The summed E-state index contributed by atoms with van der Waals surface area (Å²) in [6.45, 7) is 7.95. The zero-order chi connectivity index (χ0) is 17.1. The molecule has 0 aliphatic rings. The van der Waals surface area contributed by atoms with Gasteiger partial charge in [-0.2, -0.15) is 5.26 Å². The van der Waals surface area contributed by atoms with Crippen LogP contribution in [0.25, 0.3) is 0 Å². The van der Waals surface area contributed by atoms with Gasteiger partial charge in [0.25, 0.3) is 0 Å². The van der Waals surface area contributed by atoms with E-state index in [0.717, 1.165) is 32.4 Å². The molecule has 0 heterocycles. The Kier molecular flexibility index (Phi) is 8.14. The number of amides is 1. The van der Waals surface area contributed by atoms with Crippen LogP contribution in [-0.2, 0) is 11.3 Å². The quantitative estimate of drug-likeness (QED) is 0.721. The second-order valence-electron chi connectivity index (χ2n) is 6.47. The lowest BCUT2D eigenvalue weighted by Crippen LogP contribution is -2.33. The largest absolute Gasteiger partial charge is 0.444 e. The van der Waals surface area contributed by atoms with Gasteiger partial charge in [-0.3, -0.25) is 0 Å². The zero-order valence-corrected chi connectivity index (χ0v) is 14.3. The molecule has 0 saturated carbocycles. The molecule has 2 N–H and O–H groups in total. The van der Waals surface area contributed by atoms with E-state index >= 15 is 0 Å². The van der Waals surface area contributed by atoms with Crippen LogP contribution in [0.2, 0.25) is 0 Å². The van der Waals surface area contributed by atoms with E-state index in [2.05, 4.69) is 16.7 Å². The lowest BCUT2D eigenvalue weighted by Gasteiger charge is -2.19. The van der Waals surface area contributed by atoms with E-state index in [0.29, 0.717) is 12.1 Å². The van der Waals surface area contributed by atoms with Crippen molar-refractivity contribution < 1.29 is 9.53 Å². The molecule has 23 heavy (non-hydrogen) atoms. The number of unbranched alkanes of at least 4 members (excludes halogenated alkanes) is 2. The summed E-state index contributed by atoms with van der Waals surface area (Å²) in [5.41, 5.74) is 1.42. The highest BCUT2D eigenvalue weighted by molar-refractivity contribution is 5.67. The second kappa shape index (κ2) is 9.86. The number of nitrogens with zero attached hydrogens (tertiary/aromatic N) is 1. The maximum Gasteiger partial charge on any atom is 0.407 e. The second-order valence-corrected chi connectivity index (χ2v) is 6.47. The maximum atomic E-state index is 11.4. The maximum absolute atomic E-state index is 11.4. The van der Waals surface area contributed by atoms with Crippen molar-refractivity contribution in [3.05, 3.63) is 35.4 Å². The molecule has 1 aromatic rings. The molecule has 0 aliphatic carbocycles. The summed E-state index contributed by atoms with van der Waals surface area (Å²) in [4.78, 5) is 11.4. The minimum absolute atomic E-state index is 0.351. The molecule has 0 unspecified atom stereocenters. The number of hydrogen-bond donors (Lipinski definition) is 2. The van der Waals surface area contributed by atoms with Crippen LogP contribution in [0, 0.1) is 11.3 Å². The summed E-state index contributed by atoms with van der Waals surface area (Å²) in [6, 6.07) is 9.71. The third kappa shape index (κ3) is 9.54. The third-order valence-electron chi connectivity index (χ3n) is 3.11. The van der Waals surface area contributed by atoms with E-state index in [-0.39, 0.29) is 6.09 Å². The standard InChI is InChI=1S/C18H27N3O2/c1-18(2,3)23-17(22)21-12-6-4-5-11-20-14-16-9-7-15(13-19)8-10-16/h7-10,20H,4-6,11-12,14H2,1-3H3,(H,21,22). The molecule has 0 bridgehead atoms. The molecule has 0 aromatic heterocycles. The van der Waals surface area contributed by atoms with Gasteiger partial charge in [-0.15, -0.1) is 0 Å². The summed E-state index contributed by atoms with van der Waals surface area (Å²) >= 11 is 0. The highest BCUT2D eigenvalue weighted by Gasteiger charge is 2.15. The molecular formula is C18H27N3O2. The number of nitrogens with one attached hydrogen (secondary N) is 2. The summed E-state index contributed by atoms with van der Waals surface area (Å²) in [5, 5.41) is 14.9. The molecule has 0 fully saturated rings. The Bertz CT molecular complexity index is 513. The number of rotatable bonds is 8. The van der Waals surface area contributed by atoms with Crippen molar-refractivity contribution in [1.82, 2.24) is 10.6 Å². The SMILES string of the molecule is CC(C)(C)OC(=O)NCCCCCNCc1ccc(C#N)cc1. The molecule has 1 amide bonds. The van der Waals surface area contributed by atoms with E-state index in [4.69, 9.17) is 10.00 Å². The van der Waals surface area contributed by atoms with Crippen molar-refractivity contribution >= 4 is 6.09 Å². The van der Waals surface area contributed by atoms with Crippen LogP contribution in [-0.4, -0.2) is 24.8 Å². The summed E-state index contributed by atoms with van der Waals surface area (Å²) in [6.07, 6.45) is 2.71. The Morgan fingerprint density at radius 3 is 2.39 bits per heavy atom. The van der Waals surface area contributed by atoms with Gasteiger partial charge in [0.2, 0.25) is 0 Å². The molecule has 5 nitrogen and oxygen atoms in total. The molecule has 126 valence electrons. The first-order valence-corrected chi connectivity index (χ1v) is 8.07. The van der Waals surface area contributed by atoms with Crippen LogP contribution >= 0.6 is 0 Å². The molecule has 0 spiro atoms. The molecule has 1 aromatic carbocycles. The van der Waals surface area contributed by atoms with Gasteiger partial charge in [0, 0.05) is 13.1 Å². The molecule has 1 rings (SSSR count). The van der Waals surface area contributed by atoms with Crippen LogP contribution in [0.4, 0.5) is 4.79 Å². The van der Waals surface area contributed by atoms with Gasteiger partial charge in [0.15, 0.2) is 0 Å². The lowest BCUT2D eigenvalue weighted by atomic mass is 10.1. The topological polar surface area (TPSA) is 74.2 Å². The third-order valence-corrected chi connectivity index (χ3v) is 3.11. The van der Waals surface area contributed by atoms with Crippen LogP contribution in [0.5, 0.6) is 0 Å². The van der Waals surface area contributed by atoms with Crippen LogP contribution in [0.3, 0.4) is 0 Å². The number of benzene rings is 1. The minimum Gasteiger partial charge on any atom is -0.444 e. The van der Waals surface area contributed by atoms with Gasteiger partial charge in [-0.05, 0) is 57.9 Å². The Morgan fingerprint density at radius 2 is 1.78 bits per heavy atom. The molecule has 5 heteroatoms. The molecule has 0 radical (unpaired) electrons. The van der Waals surface area contributed by atoms with Gasteiger partial charge in [-0.1, -0.05) is 18.6 Å². The fraction of sp³-hybridized carbons (Fsp3) is 0.556. The molecule has 0 saturated heterocycles. The Morgan fingerprint density at radius 1 is 1.13 bits per heavy atom. The van der Waals surface area contributed by atoms with Gasteiger partial charge >= 0.3 is 6.09 Å². The molecular weight excluding hydrogens is 290 g/mol. The number of carbonyl (C=O) groups is 1. The summed E-state index contributed by atoms with van der Waals surface area (Å²) < 4.78 is 5.17. The van der Waals surface area contributed by atoms with E-state index < -0.39 is 5.60 Å². The lowest BCUT2D eigenvalue weighted by molar-refractivity contribution is 0.0527. The van der Waals surface area contributed by atoms with Crippen LogP contribution < -0.4 is 10.6 Å². The van der Waals surface area contributed by atoms with E-state index in [1.54, 1.807) is 0 Å². The van der Waals surface area contributed by atoms with Crippen molar-refractivity contribution in [2.45, 2.75) is 52.2 Å².